The van der Waals surface area contributed by atoms with Gasteiger partial charge in [0.05, 0.1) is 0 Å². The first-order valence-corrected chi connectivity index (χ1v) is 8.66. The van der Waals surface area contributed by atoms with Crippen molar-refractivity contribution in [1.29, 1.82) is 0 Å². The molecule has 0 radical (unpaired) electrons. The second kappa shape index (κ2) is 6.59. The smallest absolute Gasteiger partial charge is 0.272 e. The molecule has 1 saturated heterocycles. The van der Waals surface area contributed by atoms with Gasteiger partial charge in [-0.25, -0.2) is 4.98 Å². The lowest BCUT2D eigenvalue weighted by atomic mass is 10.1. The lowest BCUT2D eigenvalue weighted by Crippen LogP contribution is -2.42. The molecule has 1 fully saturated rings. The highest BCUT2D eigenvalue weighted by atomic mass is 16.5. The first-order chi connectivity index (χ1) is 12.2. The Kier molecular flexibility index (Phi) is 4.14. The summed E-state index contributed by atoms with van der Waals surface area (Å²) in [4.78, 5) is 22.0. The minimum Gasteiger partial charge on any atom is -0.490 e. The van der Waals surface area contributed by atoms with E-state index in [4.69, 9.17) is 4.74 Å². The summed E-state index contributed by atoms with van der Waals surface area (Å²) in [6.45, 7) is 3.45. The topological polar surface area (TPSA) is 58.2 Å². The van der Waals surface area contributed by atoms with Crippen LogP contribution in [-0.2, 0) is 0 Å². The average molecular weight is 335 g/mol. The summed E-state index contributed by atoms with van der Waals surface area (Å²) in [5.41, 5.74) is 2.47. The maximum Gasteiger partial charge on any atom is 0.272 e. The predicted octanol–water partition coefficient (Wildman–Crippen LogP) is 3.55. The van der Waals surface area contributed by atoms with E-state index in [0.717, 1.165) is 29.6 Å². The van der Waals surface area contributed by atoms with E-state index in [2.05, 4.69) is 29.0 Å². The third-order valence-electron chi connectivity index (χ3n) is 4.68. The fourth-order valence-corrected chi connectivity index (χ4v) is 3.20. The van der Waals surface area contributed by atoms with Gasteiger partial charge in [-0.2, -0.15) is 0 Å². The standard InChI is InChI=1S/C20H21N3O2/c1-14-2-5-16(6-3-14)25-17-9-12-23(13-10-17)20(24)18-7-4-15-8-11-21-19(15)22-18/h2-8,11,17H,9-10,12-13H2,1H3,(H,21,22). The van der Waals surface area contributed by atoms with Crippen LogP contribution in [0.2, 0.25) is 0 Å². The first-order valence-electron chi connectivity index (χ1n) is 8.66. The fourth-order valence-electron chi connectivity index (χ4n) is 3.20. The van der Waals surface area contributed by atoms with E-state index in [1.54, 1.807) is 6.07 Å². The number of pyridine rings is 1. The number of H-pyrrole nitrogens is 1. The number of aromatic amines is 1. The summed E-state index contributed by atoms with van der Waals surface area (Å²) >= 11 is 0. The van der Waals surface area contributed by atoms with Gasteiger partial charge in [-0.1, -0.05) is 17.7 Å². The molecule has 2 aromatic heterocycles. The molecule has 1 amide bonds. The zero-order valence-corrected chi connectivity index (χ0v) is 14.2. The van der Waals surface area contributed by atoms with Crippen LogP contribution in [0.5, 0.6) is 5.75 Å². The Morgan fingerprint density at radius 1 is 1.12 bits per heavy atom. The zero-order valence-electron chi connectivity index (χ0n) is 14.2. The second-order valence-electron chi connectivity index (χ2n) is 6.53. The number of ether oxygens (including phenoxy) is 1. The number of hydrogen-bond donors (Lipinski definition) is 1. The quantitative estimate of drug-likeness (QED) is 0.796. The van der Waals surface area contributed by atoms with Crippen LogP contribution in [0.1, 0.15) is 28.9 Å². The van der Waals surface area contributed by atoms with Crippen molar-refractivity contribution in [2.75, 3.05) is 13.1 Å². The number of likely N-dealkylation sites (tertiary alicyclic amines) is 1. The molecular weight excluding hydrogens is 314 g/mol. The molecule has 0 spiro atoms. The van der Waals surface area contributed by atoms with Crippen LogP contribution in [-0.4, -0.2) is 40.0 Å². The Morgan fingerprint density at radius 3 is 2.64 bits per heavy atom. The molecule has 0 unspecified atom stereocenters. The number of carbonyl (C=O) groups excluding carboxylic acids is 1. The van der Waals surface area contributed by atoms with E-state index >= 15 is 0 Å². The highest BCUT2D eigenvalue weighted by Crippen LogP contribution is 2.21. The van der Waals surface area contributed by atoms with Gasteiger partial charge in [0.15, 0.2) is 0 Å². The molecule has 1 N–H and O–H groups in total. The number of piperidine rings is 1. The normalized spacial score (nSPS) is 15.5. The van der Waals surface area contributed by atoms with Gasteiger partial charge in [0.25, 0.3) is 5.91 Å². The van der Waals surface area contributed by atoms with Crippen molar-refractivity contribution in [3.8, 4) is 5.75 Å². The van der Waals surface area contributed by atoms with Crippen molar-refractivity contribution in [3.63, 3.8) is 0 Å². The number of amides is 1. The molecule has 0 atom stereocenters. The lowest BCUT2D eigenvalue weighted by molar-refractivity contribution is 0.0590. The van der Waals surface area contributed by atoms with Crippen LogP contribution in [0.3, 0.4) is 0 Å². The van der Waals surface area contributed by atoms with E-state index in [9.17, 15) is 4.79 Å². The van der Waals surface area contributed by atoms with Crippen molar-refractivity contribution in [2.45, 2.75) is 25.9 Å². The molecule has 25 heavy (non-hydrogen) atoms. The van der Waals surface area contributed by atoms with Crippen LogP contribution in [0.4, 0.5) is 0 Å². The molecule has 128 valence electrons. The molecule has 1 aliphatic heterocycles. The molecule has 4 rings (SSSR count). The minimum absolute atomic E-state index is 0.00899. The Hall–Kier alpha value is -2.82. The molecule has 0 bridgehead atoms. The molecule has 3 aromatic rings. The van der Waals surface area contributed by atoms with E-state index in [1.807, 2.05) is 35.4 Å². The largest absolute Gasteiger partial charge is 0.490 e. The number of fused-ring (bicyclic) bond motifs is 1. The third-order valence-corrected chi connectivity index (χ3v) is 4.68. The number of nitrogens with zero attached hydrogens (tertiary/aromatic N) is 2. The van der Waals surface area contributed by atoms with Gasteiger partial charge in [-0.05, 0) is 37.3 Å². The Labute approximate surface area is 146 Å². The number of rotatable bonds is 3. The number of carbonyl (C=O) groups is 1. The Bertz CT molecular complexity index is 877. The van der Waals surface area contributed by atoms with Gasteiger partial charge in [0.1, 0.15) is 23.2 Å². The van der Waals surface area contributed by atoms with Crippen molar-refractivity contribution in [2.24, 2.45) is 0 Å². The average Bonchev–Trinajstić information content (AvgIpc) is 3.11. The van der Waals surface area contributed by atoms with Crippen LogP contribution in [0, 0.1) is 6.92 Å². The number of aromatic nitrogens is 2. The van der Waals surface area contributed by atoms with Crippen LogP contribution in [0.15, 0.2) is 48.7 Å². The number of nitrogens with one attached hydrogen (secondary N) is 1. The summed E-state index contributed by atoms with van der Waals surface area (Å²) in [6.07, 6.45) is 3.67. The minimum atomic E-state index is -0.00899. The van der Waals surface area contributed by atoms with Gasteiger partial charge in [0.2, 0.25) is 0 Å². The summed E-state index contributed by atoms with van der Waals surface area (Å²) < 4.78 is 6.03. The molecule has 5 heteroatoms. The van der Waals surface area contributed by atoms with E-state index in [-0.39, 0.29) is 12.0 Å². The van der Waals surface area contributed by atoms with Gasteiger partial charge < -0.3 is 14.6 Å². The van der Waals surface area contributed by atoms with Gasteiger partial charge in [-0.15, -0.1) is 0 Å². The van der Waals surface area contributed by atoms with E-state index in [0.29, 0.717) is 18.8 Å². The highest BCUT2D eigenvalue weighted by molar-refractivity contribution is 5.94. The number of aryl methyl sites for hydroxylation is 1. The molecule has 0 saturated carbocycles. The highest BCUT2D eigenvalue weighted by Gasteiger charge is 2.25. The monoisotopic (exact) mass is 335 g/mol. The Balaban J connectivity index is 1.37. The summed E-state index contributed by atoms with van der Waals surface area (Å²) in [7, 11) is 0. The maximum absolute atomic E-state index is 12.7. The van der Waals surface area contributed by atoms with Crippen molar-refractivity contribution < 1.29 is 9.53 Å². The van der Waals surface area contributed by atoms with Gasteiger partial charge in [-0.3, -0.25) is 4.79 Å². The van der Waals surface area contributed by atoms with E-state index < -0.39 is 0 Å². The maximum atomic E-state index is 12.7. The SMILES string of the molecule is Cc1ccc(OC2CCN(C(=O)c3ccc4cc[nH]c4n3)CC2)cc1. The van der Waals surface area contributed by atoms with Crippen LogP contribution < -0.4 is 4.74 Å². The summed E-state index contributed by atoms with van der Waals surface area (Å²) in [6, 6.07) is 13.8. The van der Waals surface area contributed by atoms with E-state index in [1.165, 1.54) is 5.56 Å². The summed E-state index contributed by atoms with van der Waals surface area (Å²) in [5.74, 6) is 0.888. The number of benzene rings is 1. The molecule has 5 nitrogen and oxygen atoms in total. The Morgan fingerprint density at radius 2 is 1.88 bits per heavy atom. The second-order valence-corrected chi connectivity index (χ2v) is 6.53. The molecular formula is C20H21N3O2. The van der Waals surface area contributed by atoms with Crippen molar-refractivity contribution in [3.05, 3.63) is 59.9 Å². The predicted molar refractivity (Wildman–Crippen MR) is 96.8 cm³/mol. The molecule has 1 aliphatic rings. The molecule has 1 aromatic carbocycles. The first kappa shape index (κ1) is 15.7. The van der Waals surface area contributed by atoms with Gasteiger partial charge in [0, 0.05) is 37.5 Å². The third kappa shape index (κ3) is 3.36. The van der Waals surface area contributed by atoms with Crippen molar-refractivity contribution >= 4 is 16.9 Å². The van der Waals surface area contributed by atoms with Crippen molar-refractivity contribution in [1.82, 2.24) is 14.9 Å². The molecule has 3 heterocycles. The number of hydrogen-bond acceptors (Lipinski definition) is 3. The zero-order chi connectivity index (χ0) is 17.2. The lowest BCUT2D eigenvalue weighted by Gasteiger charge is -2.32. The van der Waals surface area contributed by atoms with Gasteiger partial charge >= 0.3 is 0 Å². The fraction of sp³-hybridized carbons (Fsp3) is 0.300. The van der Waals surface area contributed by atoms with Crippen LogP contribution in [0.25, 0.3) is 11.0 Å². The van der Waals surface area contributed by atoms with Crippen LogP contribution >= 0.6 is 0 Å². The molecule has 0 aliphatic carbocycles. The summed E-state index contributed by atoms with van der Waals surface area (Å²) in [5, 5.41) is 1.02.